The number of aromatic nitrogens is 1. The van der Waals surface area contributed by atoms with Crippen LogP contribution in [0, 0.1) is 11.3 Å². The van der Waals surface area contributed by atoms with Gasteiger partial charge < -0.3 is 15.1 Å². The van der Waals surface area contributed by atoms with E-state index < -0.39 is 25.0 Å². The molecule has 0 aromatic carbocycles. The fourth-order valence-electron chi connectivity index (χ4n) is 2.32. The molecule has 2 N–H and O–H groups in total. The lowest BCUT2D eigenvalue weighted by Gasteiger charge is -2.21. The van der Waals surface area contributed by atoms with Gasteiger partial charge in [-0.05, 0) is 30.9 Å². The lowest BCUT2D eigenvalue weighted by molar-refractivity contribution is -0.136. The van der Waals surface area contributed by atoms with E-state index >= 15 is 0 Å². The number of fused-ring (bicyclic) bond motifs is 1. The second-order valence-electron chi connectivity index (χ2n) is 4.57. The molecular weight excluding hydrogens is 262 g/mol. The maximum Gasteiger partial charge on any atom is 0.323 e. The number of carbonyl (C=O) groups is 2. The average molecular weight is 275 g/mol. The molecule has 7 nitrogen and oxygen atoms in total. The Bertz CT molecular complexity index is 590. The van der Waals surface area contributed by atoms with Gasteiger partial charge >= 0.3 is 11.9 Å². The first kappa shape index (κ1) is 13.8. The summed E-state index contributed by atoms with van der Waals surface area (Å²) >= 11 is 0. The van der Waals surface area contributed by atoms with Crippen LogP contribution in [0.15, 0.2) is 6.07 Å². The van der Waals surface area contributed by atoms with E-state index in [2.05, 4.69) is 4.98 Å². The van der Waals surface area contributed by atoms with Crippen molar-refractivity contribution < 1.29 is 19.8 Å². The molecule has 0 atom stereocenters. The molecule has 2 rings (SSSR count). The molecule has 20 heavy (non-hydrogen) atoms. The number of rotatable bonds is 5. The molecule has 0 aliphatic heterocycles. The normalized spacial score (nSPS) is 12.6. The Balaban J connectivity index is 2.43. The second-order valence-corrected chi connectivity index (χ2v) is 4.57. The Morgan fingerprint density at radius 1 is 1.30 bits per heavy atom. The second kappa shape index (κ2) is 5.57. The van der Waals surface area contributed by atoms with E-state index in [0.717, 1.165) is 35.4 Å². The molecule has 0 saturated carbocycles. The Kier molecular flexibility index (Phi) is 3.84. The van der Waals surface area contributed by atoms with Crippen molar-refractivity contribution in [3.8, 4) is 6.07 Å². The van der Waals surface area contributed by atoms with Crippen molar-refractivity contribution in [3.05, 3.63) is 22.9 Å². The predicted molar refractivity (Wildman–Crippen MR) is 68.5 cm³/mol. The third-order valence-corrected chi connectivity index (χ3v) is 3.10. The summed E-state index contributed by atoms with van der Waals surface area (Å²) in [6.45, 7) is -1.01. The summed E-state index contributed by atoms with van der Waals surface area (Å²) in [5.41, 5.74) is 2.02. The molecule has 1 aliphatic carbocycles. The van der Waals surface area contributed by atoms with Crippen molar-refractivity contribution in [2.75, 3.05) is 18.0 Å². The number of carboxylic acids is 2. The molecule has 0 saturated heterocycles. The molecule has 0 bridgehead atoms. The van der Waals surface area contributed by atoms with Crippen LogP contribution in [0.3, 0.4) is 0 Å². The number of hydrogen-bond donors (Lipinski definition) is 2. The van der Waals surface area contributed by atoms with Crippen LogP contribution in [-0.4, -0.2) is 40.2 Å². The topological polar surface area (TPSA) is 115 Å². The number of nitriles is 1. The first-order chi connectivity index (χ1) is 9.51. The lowest BCUT2D eigenvalue weighted by Crippen LogP contribution is -2.35. The van der Waals surface area contributed by atoms with E-state index in [4.69, 9.17) is 15.5 Å². The Morgan fingerprint density at radius 2 is 1.95 bits per heavy atom. The summed E-state index contributed by atoms with van der Waals surface area (Å²) < 4.78 is 0. The van der Waals surface area contributed by atoms with Crippen LogP contribution in [0.5, 0.6) is 0 Å². The SMILES string of the molecule is N#Cc1cc2c(nc1N(CC(=O)O)CC(=O)O)CCC2. The van der Waals surface area contributed by atoms with Gasteiger partial charge in [-0.3, -0.25) is 9.59 Å². The first-order valence-corrected chi connectivity index (χ1v) is 6.12. The van der Waals surface area contributed by atoms with E-state index in [9.17, 15) is 9.59 Å². The molecule has 0 amide bonds. The minimum Gasteiger partial charge on any atom is -0.480 e. The summed E-state index contributed by atoms with van der Waals surface area (Å²) in [6, 6.07) is 3.64. The largest absolute Gasteiger partial charge is 0.480 e. The number of pyridine rings is 1. The van der Waals surface area contributed by atoms with Crippen molar-refractivity contribution in [1.29, 1.82) is 5.26 Å². The molecule has 7 heteroatoms. The van der Waals surface area contributed by atoms with E-state index in [-0.39, 0.29) is 11.4 Å². The van der Waals surface area contributed by atoms with Crippen LogP contribution in [0.1, 0.15) is 23.2 Å². The maximum atomic E-state index is 10.9. The molecule has 0 unspecified atom stereocenters. The van der Waals surface area contributed by atoms with Gasteiger partial charge in [-0.25, -0.2) is 4.98 Å². The minimum absolute atomic E-state index is 0.137. The summed E-state index contributed by atoms with van der Waals surface area (Å²) in [6.07, 6.45) is 2.55. The molecule has 104 valence electrons. The molecule has 0 spiro atoms. The Hall–Kier alpha value is -2.62. The fraction of sp³-hybridized carbons (Fsp3) is 0.385. The Morgan fingerprint density at radius 3 is 2.50 bits per heavy atom. The van der Waals surface area contributed by atoms with E-state index in [0.29, 0.717) is 0 Å². The molecule has 1 aromatic rings. The van der Waals surface area contributed by atoms with E-state index in [1.165, 1.54) is 0 Å². The predicted octanol–water partition coefficient (Wildman–Crippen LogP) is 0.418. The average Bonchev–Trinajstić information content (AvgIpc) is 2.82. The Labute approximate surface area is 115 Å². The summed E-state index contributed by atoms with van der Waals surface area (Å²) in [4.78, 5) is 27.1. The van der Waals surface area contributed by atoms with E-state index in [1.807, 2.05) is 6.07 Å². The van der Waals surface area contributed by atoms with Gasteiger partial charge in [-0.1, -0.05) is 0 Å². The monoisotopic (exact) mass is 275 g/mol. The number of nitrogens with zero attached hydrogens (tertiary/aromatic N) is 3. The number of aliphatic carboxylic acids is 2. The minimum atomic E-state index is -1.17. The van der Waals surface area contributed by atoms with Crippen molar-refractivity contribution in [3.63, 3.8) is 0 Å². The molecular formula is C13H13N3O4. The highest BCUT2D eigenvalue weighted by Gasteiger charge is 2.22. The number of anilines is 1. The third kappa shape index (κ3) is 2.85. The lowest BCUT2D eigenvalue weighted by atomic mass is 10.1. The van der Waals surface area contributed by atoms with Crippen LogP contribution >= 0.6 is 0 Å². The molecule has 1 heterocycles. The van der Waals surface area contributed by atoms with Crippen molar-refractivity contribution >= 4 is 17.8 Å². The highest BCUT2D eigenvalue weighted by Crippen LogP contribution is 2.26. The quantitative estimate of drug-likeness (QED) is 0.800. The van der Waals surface area contributed by atoms with Gasteiger partial charge in [0.15, 0.2) is 0 Å². The number of aryl methyl sites for hydroxylation is 2. The first-order valence-electron chi connectivity index (χ1n) is 6.12. The van der Waals surface area contributed by atoms with E-state index in [1.54, 1.807) is 6.07 Å². The zero-order valence-corrected chi connectivity index (χ0v) is 10.7. The summed E-state index contributed by atoms with van der Waals surface area (Å²) in [5, 5.41) is 26.9. The summed E-state index contributed by atoms with van der Waals surface area (Å²) in [7, 11) is 0. The van der Waals surface area contributed by atoms with Gasteiger partial charge in [-0.2, -0.15) is 5.26 Å². The van der Waals surface area contributed by atoms with Gasteiger partial charge in [0.2, 0.25) is 0 Å². The standard InChI is InChI=1S/C13H13N3O4/c14-5-9-4-8-2-1-3-10(8)15-13(9)16(6-11(17)18)7-12(19)20/h4H,1-3,6-7H2,(H,17,18)(H,19,20). The van der Waals surface area contributed by atoms with Gasteiger partial charge in [0.25, 0.3) is 0 Å². The van der Waals surface area contributed by atoms with Crippen LogP contribution in [0.25, 0.3) is 0 Å². The zero-order chi connectivity index (χ0) is 14.7. The molecule has 1 aliphatic rings. The fourth-order valence-corrected chi connectivity index (χ4v) is 2.32. The van der Waals surface area contributed by atoms with Gasteiger partial charge in [0, 0.05) is 5.69 Å². The van der Waals surface area contributed by atoms with Gasteiger partial charge in [0.05, 0.1) is 5.56 Å². The van der Waals surface area contributed by atoms with Gasteiger partial charge in [0.1, 0.15) is 25.0 Å². The van der Waals surface area contributed by atoms with Crippen LogP contribution < -0.4 is 4.90 Å². The summed E-state index contributed by atoms with van der Waals surface area (Å²) in [5.74, 6) is -2.20. The molecule has 0 fully saturated rings. The van der Waals surface area contributed by atoms with Crippen molar-refractivity contribution in [2.45, 2.75) is 19.3 Å². The number of carboxylic acid groups (broad SMARTS) is 2. The zero-order valence-electron chi connectivity index (χ0n) is 10.7. The van der Waals surface area contributed by atoms with Crippen molar-refractivity contribution in [1.82, 2.24) is 4.98 Å². The van der Waals surface area contributed by atoms with Crippen LogP contribution in [-0.2, 0) is 22.4 Å². The van der Waals surface area contributed by atoms with Crippen LogP contribution in [0.4, 0.5) is 5.82 Å². The highest BCUT2D eigenvalue weighted by molar-refractivity contribution is 5.80. The molecule has 1 aromatic heterocycles. The molecule has 0 radical (unpaired) electrons. The highest BCUT2D eigenvalue weighted by atomic mass is 16.4. The van der Waals surface area contributed by atoms with Crippen LogP contribution in [0.2, 0.25) is 0 Å². The van der Waals surface area contributed by atoms with Crippen molar-refractivity contribution in [2.24, 2.45) is 0 Å². The third-order valence-electron chi connectivity index (χ3n) is 3.10. The van der Waals surface area contributed by atoms with Gasteiger partial charge in [-0.15, -0.1) is 0 Å². The smallest absolute Gasteiger partial charge is 0.323 e. The number of hydrogen-bond acceptors (Lipinski definition) is 5. The maximum absolute atomic E-state index is 10.9.